The van der Waals surface area contributed by atoms with Gasteiger partial charge in [-0.2, -0.15) is 0 Å². The maximum atomic E-state index is 13.6. The number of nitrogens with zero attached hydrogens (tertiary/aromatic N) is 1. The van der Waals surface area contributed by atoms with Crippen molar-refractivity contribution in [2.45, 2.75) is 71.3 Å². The molecule has 0 aromatic heterocycles. The average Bonchev–Trinajstić information content (AvgIpc) is 2.87. The molecule has 0 fully saturated rings. The van der Waals surface area contributed by atoms with E-state index >= 15 is 0 Å². The predicted octanol–water partition coefficient (Wildman–Crippen LogP) is 7.68. The van der Waals surface area contributed by atoms with Gasteiger partial charge < -0.3 is 4.74 Å². The molecule has 0 aliphatic carbocycles. The molecule has 35 heavy (non-hydrogen) atoms. The van der Waals surface area contributed by atoms with Gasteiger partial charge in [0.05, 0.1) is 12.8 Å². The minimum Gasteiger partial charge on any atom is -0.467 e. The van der Waals surface area contributed by atoms with Crippen molar-refractivity contribution >= 4 is 11.7 Å². The van der Waals surface area contributed by atoms with Gasteiger partial charge in [-0.3, -0.25) is 4.99 Å². The monoisotopic (exact) mass is 469 g/mol. The number of hydrogen-bond donors (Lipinski definition) is 0. The summed E-state index contributed by atoms with van der Waals surface area (Å²) in [5, 5.41) is 0. The Balaban J connectivity index is 2.31. The molecule has 3 heteroatoms. The molecule has 0 bridgehead atoms. The first-order valence-corrected chi connectivity index (χ1v) is 12.5. The fraction of sp³-hybridized carbons (Fsp3) is 0.375. The summed E-state index contributed by atoms with van der Waals surface area (Å²) in [6.07, 6.45) is 0. The third kappa shape index (κ3) is 5.40. The van der Waals surface area contributed by atoms with Gasteiger partial charge in [-0.25, -0.2) is 4.79 Å². The van der Waals surface area contributed by atoms with Crippen molar-refractivity contribution in [1.82, 2.24) is 0 Å². The molecule has 3 nitrogen and oxygen atoms in total. The number of esters is 1. The number of carbonyl (C=O) groups excluding carboxylic acids is 1. The molecule has 0 aliphatic rings. The SMILES string of the molecule is COC(=O)C(C)(N=C(c1ccccc1)c1ccccc1)C(C)(C)c1cc(C(C)C)cc(C(C)C)c1. The van der Waals surface area contributed by atoms with Crippen LogP contribution in [-0.4, -0.2) is 24.3 Å². The minimum absolute atomic E-state index is 0.354. The van der Waals surface area contributed by atoms with Crippen LogP contribution in [0.25, 0.3) is 0 Å². The summed E-state index contributed by atoms with van der Waals surface area (Å²) in [4.78, 5) is 18.8. The molecule has 0 aliphatic heterocycles. The Morgan fingerprint density at radius 3 is 1.54 bits per heavy atom. The Morgan fingerprint density at radius 2 is 1.17 bits per heavy atom. The van der Waals surface area contributed by atoms with Gasteiger partial charge in [0.25, 0.3) is 0 Å². The second-order valence-electron chi connectivity index (χ2n) is 10.6. The van der Waals surface area contributed by atoms with Crippen LogP contribution in [0.5, 0.6) is 0 Å². The van der Waals surface area contributed by atoms with E-state index in [4.69, 9.17) is 9.73 Å². The number of methoxy groups -OCH3 is 1. The first-order chi connectivity index (χ1) is 16.5. The van der Waals surface area contributed by atoms with Gasteiger partial charge in [0, 0.05) is 16.5 Å². The van der Waals surface area contributed by atoms with E-state index in [9.17, 15) is 4.79 Å². The number of carbonyl (C=O) groups is 1. The maximum absolute atomic E-state index is 13.6. The average molecular weight is 470 g/mol. The van der Waals surface area contributed by atoms with E-state index in [2.05, 4.69) is 59.7 Å². The molecule has 0 saturated heterocycles. The zero-order valence-corrected chi connectivity index (χ0v) is 22.4. The van der Waals surface area contributed by atoms with E-state index in [0.717, 1.165) is 22.4 Å². The molecule has 3 aromatic carbocycles. The number of ether oxygens (including phenoxy) is 1. The normalized spacial score (nSPS) is 13.4. The van der Waals surface area contributed by atoms with Gasteiger partial charge in [-0.05, 0) is 35.4 Å². The van der Waals surface area contributed by atoms with E-state index in [-0.39, 0.29) is 5.97 Å². The fourth-order valence-electron chi connectivity index (χ4n) is 4.34. The fourth-order valence-corrected chi connectivity index (χ4v) is 4.34. The van der Waals surface area contributed by atoms with Gasteiger partial charge >= 0.3 is 5.97 Å². The highest BCUT2D eigenvalue weighted by molar-refractivity contribution is 6.14. The van der Waals surface area contributed by atoms with Crippen molar-refractivity contribution in [3.63, 3.8) is 0 Å². The molecule has 0 saturated carbocycles. The number of hydrogen-bond acceptors (Lipinski definition) is 3. The second kappa shape index (κ2) is 10.6. The van der Waals surface area contributed by atoms with Gasteiger partial charge in [0.2, 0.25) is 0 Å². The van der Waals surface area contributed by atoms with E-state index < -0.39 is 11.0 Å². The highest BCUT2D eigenvalue weighted by Gasteiger charge is 2.50. The van der Waals surface area contributed by atoms with Crippen molar-refractivity contribution in [2.24, 2.45) is 4.99 Å². The van der Waals surface area contributed by atoms with Gasteiger partial charge in [-0.1, -0.05) is 120 Å². The van der Waals surface area contributed by atoms with Crippen LogP contribution in [0.1, 0.15) is 88.1 Å². The second-order valence-corrected chi connectivity index (χ2v) is 10.6. The lowest BCUT2D eigenvalue weighted by atomic mass is 9.67. The standard InChI is InChI=1S/C32H39NO2/c1-22(2)26-19-27(23(3)4)21-28(20-26)31(5,6)32(7,30(34)35-8)33-29(24-15-11-9-12-16-24)25-17-13-10-14-18-25/h9-23H,1-8H3. The van der Waals surface area contributed by atoms with Gasteiger partial charge in [0.15, 0.2) is 5.54 Å². The summed E-state index contributed by atoms with van der Waals surface area (Å²) in [7, 11) is 1.45. The van der Waals surface area contributed by atoms with Crippen molar-refractivity contribution in [1.29, 1.82) is 0 Å². The van der Waals surface area contributed by atoms with Crippen LogP contribution in [0.15, 0.2) is 83.9 Å². The van der Waals surface area contributed by atoms with Crippen LogP contribution in [0.2, 0.25) is 0 Å². The Morgan fingerprint density at radius 1 is 0.743 bits per heavy atom. The van der Waals surface area contributed by atoms with Crippen molar-refractivity contribution in [3.8, 4) is 0 Å². The molecular weight excluding hydrogens is 430 g/mol. The molecule has 0 spiro atoms. The largest absolute Gasteiger partial charge is 0.467 e. The zero-order valence-electron chi connectivity index (χ0n) is 22.4. The number of benzene rings is 3. The Bertz CT molecular complexity index is 1110. The van der Waals surface area contributed by atoms with E-state index in [0.29, 0.717) is 11.8 Å². The van der Waals surface area contributed by atoms with Crippen LogP contribution >= 0.6 is 0 Å². The van der Waals surface area contributed by atoms with Crippen LogP contribution in [0, 0.1) is 0 Å². The van der Waals surface area contributed by atoms with Crippen LogP contribution in [-0.2, 0) is 14.9 Å². The zero-order chi connectivity index (χ0) is 25.8. The molecule has 0 radical (unpaired) electrons. The van der Waals surface area contributed by atoms with Gasteiger partial charge in [0.1, 0.15) is 0 Å². The third-order valence-corrected chi connectivity index (χ3v) is 7.26. The smallest absolute Gasteiger partial charge is 0.334 e. The number of aliphatic imine (C=N–C) groups is 1. The van der Waals surface area contributed by atoms with Crippen LogP contribution in [0.4, 0.5) is 0 Å². The maximum Gasteiger partial charge on any atom is 0.334 e. The molecular formula is C32H39NO2. The molecule has 184 valence electrons. The first-order valence-electron chi connectivity index (χ1n) is 12.5. The Labute approximate surface area is 211 Å². The molecule has 0 amide bonds. The molecule has 3 rings (SSSR count). The third-order valence-electron chi connectivity index (χ3n) is 7.26. The Kier molecular flexibility index (Phi) is 8.00. The van der Waals surface area contributed by atoms with Crippen molar-refractivity contribution < 1.29 is 9.53 Å². The summed E-state index contributed by atoms with van der Waals surface area (Å²) >= 11 is 0. The lowest BCUT2D eigenvalue weighted by molar-refractivity contribution is -0.148. The van der Waals surface area contributed by atoms with Crippen molar-refractivity contribution in [3.05, 3.63) is 107 Å². The lowest BCUT2D eigenvalue weighted by Gasteiger charge is -2.40. The first kappa shape index (κ1) is 26.4. The highest BCUT2D eigenvalue weighted by Crippen LogP contribution is 2.41. The van der Waals surface area contributed by atoms with E-state index in [1.807, 2.05) is 67.6 Å². The Hall–Kier alpha value is -3.20. The summed E-state index contributed by atoms with van der Waals surface area (Å²) in [5.41, 5.74) is 4.49. The summed E-state index contributed by atoms with van der Waals surface area (Å²) in [5.74, 6) is 0.397. The minimum atomic E-state index is -1.17. The van der Waals surface area contributed by atoms with Crippen LogP contribution < -0.4 is 0 Å². The number of rotatable bonds is 8. The van der Waals surface area contributed by atoms with Crippen molar-refractivity contribution in [2.75, 3.05) is 7.11 Å². The lowest BCUT2D eigenvalue weighted by Crippen LogP contribution is -2.51. The summed E-state index contributed by atoms with van der Waals surface area (Å²) in [6, 6.07) is 26.8. The summed E-state index contributed by atoms with van der Waals surface area (Å²) < 4.78 is 5.41. The van der Waals surface area contributed by atoms with Gasteiger partial charge in [-0.15, -0.1) is 0 Å². The topological polar surface area (TPSA) is 38.7 Å². The quantitative estimate of drug-likeness (QED) is 0.251. The molecule has 0 heterocycles. The molecule has 3 aromatic rings. The van der Waals surface area contributed by atoms with Crippen LogP contribution in [0.3, 0.4) is 0 Å². The molecule has 0 N–H and O–H groups in total. The summed E-state index contributed by atoms with van der Waals surface area (Å²) in [6.45, 7) is 14.9. The van der Waals surface area contributed by atoms with E-state index in [1.165, 1.54) is 18.2 Å². The predicted molar refractivity (Wildman–Crippen MR) is 147 cm³/mol. The van der Waals surface area contributed by atoms with E-state index in [1.54, 1.807) is 0 Å². The molecule has 1 atom stereocenters. The molecule has 1 unspecified atom stereocenters. The highest BCUT2D eigenvalue weighted by atomic mass is 16.5.